The first-order valence-corrected chi connectivity index (χ1v) is 10.8. The van der Waals surface area contributed by atoms with E-state index in [0.717, 1.165) is 16.4 Å². The van der Waals surface area contributed by atoms with Gasteiger partial charge in [0.1, 0.15) is 6.54 Å². The van der Waals surface area contributed by atoms with Gasteiger partial charge in [-0.1, -0.05) is 37.3 Å². The summed E-state index contributed by atoms with van der Waals surface area (Å²) in [7, 11) is 0. The Labute approximate surface area is 190 Å². The molecule has 1 aliphatic carbocycles. The molecule has 9 nitrogen and oxygen atoms in total. The summed E-state index contributed by atoms with van der Waals surface area (Å²) >= 11 is 0. The van der Waals surface area contributed by atoms with Gasteiger partial charge in [-0.3, -0.25) is 29.3 Å². The zero-order valence-electron chi connectivity index (χ0n) is 18.0. The summed E-state index contributed by atoms with van der Waals surface area (Å²) in [5, 5.41) is 12.7. The number of non-ortho nitro benzene ring substituents is 1. The van der Waals surface area contributed by atoms with Crippen LogP contribution in [-0.2, 0) is 9.59 Å². The normalized spacial score (nSPS) is 22.1. The number of hydrogen-bond acceptors (Lipinski definition) is 6. The summed E-state index contributed by atoms with van der Waals surface area (Å²) in [5.74, 6) is -2.88. The number of nitrogens with zero attached hydrogens (tertiary/aromatic N) is 3. The van der Waals surface area contributed by atoms with Gasteiger partial charge in [0.25, 0.3) is 23.4 Å². The molecule has 0 spiro atoms. The highest BCUT2D eigenvalue weighted by molar-refractivity contribution is 6.09. The molecule has 170 valence electrons. The second kappa shape index (κ2) is 8.93. The lowest BCUT2D eigenvalue weighted by Crippen LogP contribution is -2.52. The van der Waals surface area contributed by atoms with Crippen molar-refractivity contribution in [2.45, 2.75) is 26.2 Å². The summed E-state index contributed by atoms with van der Waals surface area (Å²) in [5.41, 5.74) is 0.168. The Hall–Kier alpha value is -3.88. The van der Waals surface area contributed by atoms with Gasteiger partial charge in [-0.25, -0.2) is 5.01 Å². The Kier molecular flexibility index (Phi) is 6.04. The SMILES string of the molecule is C[C@@H]1CC[C@H]2C(=O)N(N(CC(=O)c3ccccc3)C(=O)c3ccc([N+](=O)[O-])cc3)C(=O)[C@H]2C1. The molecule has 1 aliphatic heterocycles. The monoisotopic (exact) mass is 449 g/mol. The molecule has 2 aliphatic rings. The summed E-state index contributed by atoms with van der Waals surface area (Å²) in [6.45, 7) is 1.52. The zero-order valence-corrected chi connectivity index (χ0v) is 18.0. The van der Waals surface area contributed by atoms with Crippen LogP contribution in [0.25, 0.3) is 0 Å². The van der Waals surface area contributed by atoms with Crippen molar-refractivity contribution in [1.82, 2.24) is 10.0 Å². The highest BCUT2D eigenvalue weighted by atomic mass is 16.6. The highest BCUT2D eigenvalue weighted by Gasteiger charge is 2.52. The highest BCUT2D eigenvalue weighted by Crippen LogP contribution is 2.41. The molecule has 2 aromatic rings. The first-order chi connectivity index (χ1) is 15.8. The van der Waals surface area contributed by atoms with Gasteiger partial charge in [-0.05, 0) is 37.3 Å². The first-order valence-electron chi connectivity index (χ1n) is 10.8. The number of nitro benzene ring substituents is 1. The minimum Gasteiger partial charge on any atom is -0.292 e. The van der Waals surface area contributed by atoms with Gasteiger partial charge >= 0.3 is 0 Å². The van der Waals surface area contributed by atoms with Crippen LogP contribution in [0.15, 0.2) is 54.6 Å². The molecule has 0 bridgehead atoms. The van der Waals surface area contributed by atoms with E-state index in [-0.39, 0.29) is 17.2 Å². The number of imide groups is 1. The molecule has 3 amide bonds. The van der Waals surface area contributed by atoms with Crippen molar-refractivity contribution in [3.8, 4) is 0 Å². The quantitative estimate of drug-likeness (QED) is 0.289. The van der Waals surface area contributed by atoms with Gasteiger partial charge in [-0.15, -0.1) is 0 Å². The number of nitro groups is 1. The maximum atomic E-state index is 13.4. The molecule has 1 heterocycles. The van der Waals surface area contributed by atoms with Crippen molar-refractivity contribution in [3.05, 3.63) is 75.8 Å². The number of hydrogen-bond donors (Lipinski definition) is 0. The van der Waals surface area contributed by atoms with Gasteiger partial charge in [-0.2, -0.15) is 5.01 Å². The number of carbonyl (C=O) groups is 4. The van der Waals surface area contributed by atoms with Crippen LogP contribution in [0.1, 0.15) is 46.9 Å². The van der Waals surface area contributed by atoms with E-state index >= 15 is 0 Å². The van der Waals surface area contributed by atoms with Crippen LogP contribution in [0.2, 0.25) is 0 Å². The smallest absolute Gasteiger partial charge is 0.273 e. The molecular weight excluding hydrogens is 426 g/mol. The van der Waals surface area contributed by atoms with Crippen molar-refractivity contribution >= 4 is 29.2 Å². The van der Waals surface area contributed by atoms with Crippen LogP contribution in [0.4, 0.5) is 5.69 Å². The van der Waals surface area contributed by atoms with Crippen molar-refractivity contribution in [2.75, 3.05) is 6.54 Å². The first kappa shape index (κ1) is 22.3. The van der Waals surface area contributed by atoms with E-state index in [1.807, 2.05) is 6.92 Å². The van der Waals surface area contributed by atoms with Crippen LogP contribution in [0.3, 0.4) is 0 Å². The predicted octanol–water partition coefficient (Wildman–Crippen LogP) is 3.26. The van der Waals surface area contributed by atoms with Crippen molar-refractivity contribution in [2.24, 2.45) is 17.8 Å². The maximum absolute atomic E-state index is 13.4. The van der Waals surface area contributed by atoms with E-state index in [1.54, 1.807) is 30.3 Å². The van der Waals surface area contributed by atoms with Crippen LogP contribution < -0.4 is 0 Å². The third-order valence-corrected chi connectivity index (χ3v) is 6.35. The number of amides is 3. The molecule has 3 atom stereocenters. The Morgan fingerprint density at radius 2 is 1.61 bits per heavy atom. The predicted molar refractivity (Wildman–Crippen MR) is 117 cm³/mol. The topological polar surface area (TPSA) is 118 Å². The van der Waals surface area contributed by atoms with Gasteiger partial charge in [0.05, 0.1) is 16.8 Å². The third kappa shape index (κ3) is 4.26. The average molecular weight is 449 g/mol. The Morgan fingerprint density at radius 3 is 2.24 bits per heavy atom. The lowest BCUT2D eigenvalue weighted by atomic mass is 9.76. The summed E-state index contributed by atoms with van der Waals surface area (Å²) < 4.78 is 0. The van der Waals surface area contributed by atoms with Crippen molar-refractivity contribution in [1.29, 1.82) is 0 Å². The van der Waals surface area contributed by atoms with E-state index in [0.29, 0.717) is 18.4 Å². The maximum Gasteiger partial charge on any atom is 0.273 e. The van der Waals surface area contributed by atoms with Crippen LogP contribution in [0, 0.1) is 27.9 Å². The zero-order chi connectivity index (χ0) is 23.7. The molecule has 4 rings (SSSR count). The van der Waals surface area contributed by atoms with Crippen LogP contribution in [-0.4, -0.2) is 45.0 Å². The van der Waals surface area contributed by atoms with Gasteiger partial charge in [0.15, 0.2) is 5.78 Å². The van der Waals surface area contributed by atoms with Crippen molar-refractivity contribution < 1.29 is 24.1 Å². The molecule has 33 heavy (non-hydrogen) atoms. The van der Waals surface area contributed by atoms with E-state index in [1.165, 1.54) is 24.3 Å². The van der Waals surface area contributed by atoms with E-state index < -0.39 is 46.8 Å². The molecule has 2 aromatic carbocycles. The third-order valence-electron chi connectivity index (χ3n) is 6.35. The average Bonchev–Trinajstić information content (AvgIpc) is 3.06. The molecule has 1 saturated carbocycles. The minimum atomic E-state index is -0.748. The molecular formula is C24H23N3O6. The number of hydrazine groups is 1. The fourth-order valence-corrected chi connectivity index (χ4v) is 4.57. The van der Waals surface area contributed by atoms with E-state index in [4.69, 9.17) is 0 Å². The molecule has 1 saturated heterocycles. The second-order valence-corrected chi connectivity index (χ2v) is 8.58. The number of carbonyl (C=O) groups excluding carboxylic acids is 4. The largest absolute Gasteiger partial charge is 0.292 e. The standard InChI is InChI=1S/C24H23N3O6/c1-15-7-12-19-20(13-15)24(31)26(23(19)30)25(14-21(28)16-5-3-2-4-6-16)22(29)17-8-10-18(11-9-17)27(32)33/h2-6,8-11,15,19-20H,7,12-14H2,1H3/t15-,19-,20+/m1/s1. The molecule has 0 radical (unpaired) electrons. The van der Waals surface area contributed by atoms with Crippen molar-refractivity contribution in [3.63, 3.8) is 0 Å². The minimum absolute atomic E-state index is 0.0327. The molecule has 2 fully saturated rings. The lowest BCUT2D eigenvalue weighted by Gasteiger charge is -2.30. The fraction of sp³-hybridized carbons (Fsp3) is 0.333. The Balaban J connectivity index is 1.68. The van der Waals surface area contributed by atoms with Crippen LogP contribution >= 0.6 is 0 Å². The molecule has 0 N–H and O–H groups in total. The summed E-state index contributed by atoms with van der Waals surface area (Å²) in [6, 6.07) is 13.1. The summed E-state index contributed by atoms with van der Waals surface area (Å²) in [6.07, 6.45) is 1.92. The van der Waals surface area contributed by atoms with Gasteiger partial charge in [0.2, 0.25) is 0 Å². The number of Topliss-reactive ketones (excluding diaryl/α,β-unsaturated/α-hetero) is 1. The van der Waals surface area contributed by atoms with Crippen LogP contribution in [0.5, 0.6) is 0 Å². The Morgan fingerprint density at radius 1 is 0.970 bits per heavy atom. The number of rotatable bonds is 6. The fourth-order valence-electron chi connectivity index (χ4n) is 4.57. The molecule has 0 aromatic heterocycles. The second-order valence-electron chi connectivity index (χ2n) is 8.58. The van der Waals surface area contributed by atoms with Gasteiger partial charge in [0, 0.05) is 23.3 Å². The Bertz CT molecular complexity index is 1110. The number of benzene rings is 2. The van der Waals surface area contributed by atoms with E-state index in [9.17, 15) is 29.3 Å². The lowest BCUT2D eigenvalue weighted by molar-refractivity contribution is -0.384. The number of ketones is 1. The summed E-state index contributed by atoms with van der Waals surface area (Å²) in [4.78, 5) is 63.1. The molecule has 9 heteroatoms. The number of fused-ring (bicyclic) bond motifs is 1. The van der Waals surface area contributed by atoms with Gasteiger partial charge < -0.3 is 0 Å². The molecule has 0 unspecified atom stereocenters. The van der Waals surface area contributed by atoms with E-state index in [2.05, 4.69) is 0 Å².